The summed E-state index contributed by atoms with van der Waals surface area (Å²) in [6.07, 6.45) is -3.76. The van der Waals surface area contributed by atoms with Gasteiger partial charge >= 0.3 is 6.18 Å². The molecule has 1 heterocycles. The number of nitrogens with zero attached hydrogens (tertiary/aromatic N) is 2. The van der Waals surface area contributed by atoms with E-state index in [9.17, 15) is 31.1 Å². The molecule has 0 atom stereocenters. The lowest BCUT2D eigenvalue weighted by molar-refractivity contribution is -0.141. The number of halogens is 6. The molecule has 0 fully saturated rings. The molecule has 0 bridgehead atoms. The van der Waals surface area contributed by atoms with Crippen LogP contribution in [0, 0.1) is 24.4 Å². The summed E-state index contributed by atoms with van der Waals surface area (Å²) in [5.41, 5.74) is -1.54. The quantitative estimate of drug-likeness (QED) is 0.639. The Hall–Kier alpha value is -3.30. The number of amides is 1. The molecule has 0 saturated carbocycles. The van der Waals surface area contributed by atoms with E-state index >= 15 is 0 Å². The molecule has 28 heavy (non-hydrogen) atoms. The van der Waals surface area contributed by atoms with Gasteiger partial charge in [0, 0.05) is 29.7 Å². The number of benzene rings is 2. The molecule has 0 spiro atoms. The number of carbonyl (C=O) groups excluding carboxylic acids is 1. The van der Waals surface area contributed by atoms with Gasteiger partial charge in [0.05, 0.1) is 0 Å². The Morgan fingerprint density at radius 2 is 1.61 bits per heavy atom. The van der Waals surface area contributed by atoms with Gasteiger partial charge in [0.1, 0.15) is 28.8 Å². The Balaban J connectivity index is 1.82. The summed E-state index contributed by atoms with van der Waals surface area (Å²) in [4.78, 5) is 15.5. The highest BCUT2D eigenvalue weighted by atomic mass is 19.4. The Morgan fingerprint density at radius 1 is 1.04 bits per heavy atom. The number of alkyl halides is 3. The van der Waals surface area contributed by atoms with Crippen LogP contribution >= 0.6 is 0 Å². The van der Waals surface area contributed by atoms with E-state index in [1.165, 1.54) is 35.8 Å². The zero-order valence-electron chi connectivity index (χ0n) is 14.1. The van der Waals surface area contributed by atoms with Crippen LogP contribution in [-0.2, 0) is 6.18 Å². The number of nitrogens with one attached hydrogen (secondary N) is 1. The highest BCUT2D eigenvalue weighted by molar-refractivity contribution is 6.04. The fourth-order valence-corrected chi connectivity index (χ4v) is 2.53. The van der Waals surface area contributed by atoms with Gasteiger partial charge in [0.25, 0.3) is 5.91 Å². The van der Waals surface area contributed by atoms with Crippen LogP contribution in [-0.4, -0.2) is 15.5 Å². The van der Waals surface area contributed by atoms with Crippen molar-refractivity contribution in [3.63, 3.8) is 0 Å². The molecule has 1 N–H and O–H groups in total. The number of imidazole rings is 1. The predicted octanol–water partition coefficient (Wildman–Crippen LogP) is 4.87. The van der Waals surface area contributed by atoms with Gasteiger partial charge in [-0.05, 0) is 31.2 Å². The monoisotopic (exact) mass is 399 g/mol. The van der Waals surface area contributed by atoms with Crippen LogP contribution in [0.1, 0.15) is 21.9 Å². The van der Waals surface area contributed by atoms with Crippen LogP contribution in [0.4, 0.5) is 32.0 Å². The van der Waals surface area contributed by atoms with E-state index in [2.05, 4.69) is 10.3 Å². The minimum absolute atomic E-state index is 0.0968. The maximum atomic E-state index is 13.6. The first-order chi connectivity index (χ1) is 13.1. The van der Waals surface area contributed by atoms with Crippen molar-refractivity contribution in [1.82, 2.24) is 9.55 Å². The number of rotatable bonds is 3. The second kappa shape index (κ2) is 7.02. The molecule has 0 aliphatic rings. The lowest BCUT2D eigenvalue weighted by Crippen LogP contribution is -2.16. The van der Waals surface area contributed by atoms with Gasteiger partial charge in [-0.3, -0.25) is 4.79 Å². The Labute approximate surface area is 154 Å². The normalized spacial score (nSPS) is 11.5. The number of hydrogen-bond acceptors (Lipinski definition) is 2. The van der Waals surface area contributed by atoms with Gasteiger partial charge in [-0.1, -0.05) is 0 Å². The van der Waals surface area contributed by atoms with E-state index in [1.807, 2.05) is 0 Å². The first-order valence-electron chi connectivity index (χ1n) is 7.76. The molecule has 3 rings (SSSR count). The second-order valence-electron chi connectivity index (χ2n) is 5.79. The van der Waals surface area contributed by atoms with Crippen LogP contribution < -0.4 is 5.32 Å². The van der Waals surface area contributed by atoms with Crippen molar-refractivity contribution in [2.75, 3.05) is 5.32 Å². The molecular formula is C18H11F6N3O. The number of anilines is 1. The molecule has 4 nitrogen and oxygen atoms in total. The molecule has 3 aromatic rings. The van der Waals surface area contributed by atoms with E-state index in [-0.39, 0.29) is 11.5 Å². The van der Waals surface area contributed by atoms with Crippen LogP contribution in [0.25, 0.3) is 5.69 Å². The highest BCUT2D eigenvalue weighted by Crippen LogP contribution is 2.29. The first-order valence-corrected chi connectivity index (χ1v) is 7.76. The van der Waals surface area contributed by atoms with Crippen LogP contribution in [0.2, 0.25) is 0 Å². The van der Waals surface area contributed by atoms with Crippen LogP contribution in [0.5, 0.6) is 0 Å². The topological polar surface area (TPSA) is 46.9 Å². The molecular weight excluding hydrogens is 388 g/mol. The van der Waals surface area contributed by atoms with Gasteiger partial charge in [0.15, 0.2) is 5.69 Å². The van der Waals surface area contributed by atoms with Gasteiger partial charge in [-0.2, -0.15) is 13.2 Å². The average Bonchev–Trinajstić information content (AvgIpc) is 2.96. The Bertz CT molecular complexity index is 1020. The molecule has 0 radical (unpaired) electrons. The Morgan fingerprint density at radius 3 is 2.11 bits per heavy atom. The van der Waals surface area contributed by atoms with Crippen LogP contribution in [0.3, 0.4) is 0 Å². The van der Waals surface area contributed by atoms with Crippen molar-refractivity contribution < 1.29 is 31.1 Å². The Kier molecular flexibility index (Phi) is 4.88. The highest BCUT2D eigenvalue weighted by Gasteiger charge is 2.34. The van der Waals surface area contributed by atoms with Gasteiger partial charge < -0.3 is 9.88 Å². The summed E-state index contributed by atoms with van der Waals surface area (Å²) >= 11 is 0. The van der Waals surface area contributed by atoms with Gasteiger partial charge in [-0.25, -0.2) is 18.2 Å². The van der Waals surface area contributed by atoms with Gasteiger partial charge in [0.2, 0.25) is 0 Å². The molecule has 1 amide bonds. The van der Waals surface area contributed by atoms with Crippen molar-refractivity contribution in [2.24, 2.45) is 0 Å². The SMILES string of the molecule is Cc1nc(C(F)(F)F)cn1-c1ccc(NC(=O)c2c(F)cc(F)cc2F)cc1. The number of hydrogen-bond donors (Lipinski definition) is 1. The minimum Gasteiger partial charge on any atom is -0.322 e. The molecule has 0 aliphatic carbocycles. The van der Waals surface area contributed by atoms with E-state index in [4.69, 9.17) is 0 Å². The van der Waals surface area contributed by atoms with Crippen molar-refractivity contribution in [1.29, 1.82) is 0 Å². The van der Waals surface area contributed by atoms with Crippen molar-refractivity contribution in [3.05, 3.63) is 77.1 Å². The van der Waals surface area contributed by atoms with E-state index in [1.54, 1.807) is 0 Å². The lowest BCUT2D eigenvalue weighted by atomic mass is 10.1. The summed E-state index contributed by atoms with van der Waals surface area (Å²) in [6, 6.07) is 6.20. The molecule has 10 heteroatoms. The maximum absolute atomic E-state index is 13.6. The first kappa shape index (κ1) is 19.5. The number of aryl methyl sites for hydroxylation is 1. The smallest absolute Gasteiger partial charge is 0.322 e. The molecule has 2 aromatic carbocycles. The summed E-state index contributed by atoms with van der Waals surface area (Å²) in [6.45, 7) is 1.39. The van der Waals surface area contributed by atoms with Crippen molar-refractivity contribution in [3.8, 4) is 5.69 Å². The van der Waals surface area contributed by atoms with E-state index in [0.717, 1.165) is 6.20 Å². The predicted molar refractivity (Wildman–Crippen MR) is 87.6 cm³/mol. The summed E-state index contributed by atoms with van der Waals surface area (Å²) < 4.78 is 79.7. The van der Waals surface area contributed by atoms with Crippen LogP contribution in [0.15, 0.2) is 42.6 Å². The molecule has 0 aliphatic heterocycles. The lowest BCUT2D eigenvalue weighted by Gasteiger charge is -2.09. The summed E-state index contributed by atoms with van der Waals surface area (Å²) in [7, 11) is 0. The number of aromatic nitrogens is 2. The standard InChI is InChI=1S/C18H11F6N3O/c1-9-25-15(18(22,23)24)8-27(9)12-4-2-11(3-5-12)26-17(28)16-13(20)6-10(19)7-14(16)21/h2-8H,1H3,(H,26,28). The minimum atomic E-state index is -4.59. The third-order valence-electron chi connectivity index (χ3n) is 3.81. The van der Waals surface area contributed by atoms with Crippen molar-refractivity contribution >= 4 is 11.6 Å². The van der Waals surface area contributed by atoms with E-state index in [0.29, 0.717) is 17.8 Å². The maximum Gasteiger partial charge on any atom is 0.434 e. The molecule has 146 valence electrons. The van der Waals surface area contributed by atoms with E-state index < -0.39 is 40.8 Å². The number of carbonyl (C=O) groups is 1. The fourth-order valence-electron chi connectivity index (χ4n) is 2.53. The third kappa shape index (κ3) is 3.85. The largest absolute Gasteiger partial charge is 0.434 e. The van der Waals surface area contributed by atoms with Crippen molar-refractivity contribution in [2.45, 2.75) is 13.1 Å². The molecule has 1 aromatic heterocycles. The fraction of sp³-hybridized carbons (Fsp3) is 0.111. The third-order valence-corrected chi connectivity index (χ3v) is 3.81. The average molecular weight is 399 g/mol. The zero-order valence-corrected chi connectivity index (χ0v) is 14.1. The molecule has 0 unspecified atom stereocenters. The zero-order chi connectivity index (χ0) is 20.6. The summed E-state index contributed by atoms with van der Waals surface area (Å²) in [5.74, 6) is -4.93. The molecule has 0 saturated heterocycles. The summed E-state index contributed by atoms with van der Waals surface area (Å²) in [5, 5.41) is 2.24. The second-order valence-corrected chi connectivity index (χ2v) is 5.79. The van der Waals surface area contributed by atoms with Gasteiger partial charge in [-0.15, -0.1) is 0 Å².